The maximum atomic E-state index is 12.4. The summed E-state index contributed by atoms with van der Waals surface area (Å²) in [6.45, 7) is 3.94. The average Bonchev–Trinajstić information content (AvgIpc) is 2.48. The summed E-state index contributed by atoms with van der Waals surface area (Å²) < 4.78 is 0.645. The molecule has 1 saturated heterocycles. The first-order valence-corrected chi connectivity index (χ1v) is 6.82. The van der Waals surface area contributed by atoms with Gasteiger partial charge in [-0.2, -0.15) is 0 Å². The second-order valence-electron chi connectivity index (χ2n) is 4.84. The van der Waals surface area contributed by atoms with Gasteiger partial charge in [-0.05, 0) is 12.8 Å². The third kappa shape index (κ3) is 2.39. The molecule has 0 aromatic rings. The molecule has 1 N–H and O–H groups in total. The predicted octanol–water partition coefficient (Wildman–Crippen LogP) is 2.54. The van der Waals surface area contributed by atoms with Gasteiger partial charge in [0.2, 0.25) is 0 Å². The largest absolute Gasteiger partial charge is 0.325 e. The molecule has 3 amide bonds. The van der Waals surface area contributed by atoms with Crippen LogP contribution in [0.2, 0.25) is 0 Å². The molecule has 1 spiro atoms. The van der Waals surface area contributed by atoms with E-state index in [0.717, 1.165) is 38.5 Å². The fourth-order valence-electron chi connectivity index (χ4n) is 2.66. The Bertz CT molecular complexity index is 360. The maximum Gasteiger partial charge on any atom is 0.325 e. The molecule has 2 fully saturated rings. The second kappa shape index (κ2) is 4.80. The third-order valence-corrected chi connectivity index (χ3v) is 3.78. The van der Waals surface area contributed by atoms with E-state index >= 15 is 0 Å². The Kier molecular flexibility index (Phi) is 3.56. The minimum atomic E-state index is -0.629. The standard InChI is InChI=1S/C12H17BrN2O2/c1-9(13)8-15-10(16)12(14-11(15)17)6-4-2-3-5-7-12/h1-8H2,(H,14,17). The quantitative estimate of drug-likeness (QED) is 0.797. The number of carbonyl (C=O) groups excluding carboxylic acids is 2. The molecular formula is C12H17BrN2O2. The van der Waals surface area contributed by atoms with Crippen LogP contribution < -0.4 is 5.32 Å². The monoisotopic (exact) mass is 300 g/mol. The number of nitrogens with one attached hydrogen (secondary N) is 1. The molecule has 0 unspecified atom stereocenters. The van der Waals surface area contributed by atoms with Crippen LogP contribution in [-0.4, -0.2) is 28.9 Å². The minimum absolute atomic E-state index is 0.0787. The SMILES string of the molecule is C=C(Br)CN1C(=O)NC2(CCCCCC2)C1=O. The number of urea groups is 1. The first-order chi connectivity index (χ1) is 8.05. The van der Waals surface area contributed by atoms with Gasteiger partial charge in [0.05, 0.1) is 6.54 Å². The smallest absolute Gasteiger partial charge is 0.323 e. The molecule has 2 aliphatic rings. The van der Waals surface area contributed by atoms with Crippen molar-refractivity contribution in [3.05, 3.63) is 11.1 Å². The number of hydrogen-bond acceptors (Lipinski definition) is 2. The minimum Gasteiger partial charge on any atom is -0.323 e. The molecule has 0 bridgehead atoms. The summed E-state index contributed by atoms with van der Waals surface area (Å²) in [7, 11) is 0. The molecule has 17 heavy (non-hydrogen) atoms. The summed E-state index contributed by atoms with van der Waals surface area (Å²) >= 11 is 3.20. The lowest BCUT2D eigenvalue weighted by Gasteiger charge is -2.24. The van der Waals surface area contributed by atoms with E-state index in [9.17, 15) is 9.59 Å². The van der Waals surface area contributed by atoms with Crippen LogP contribution in [0.3, 0.4) is 0 Å². The van der Waals surface area contributed by atoms with E-state index in [0.29, 0.717) is 4.48 Å². The van der Waals surface area contributed by atoms with Gasteiger partial charge in [0.25, 0.3) is 5.91 Å². The highest BCUT2D eigenvalue weighted by Crippen LogP contribution is 2.33. The first-order valence-electron chi connectivity index (χ1n) is 6.02. The lowest BCUT2D eigenvalue weighted by molar-refractivity contribution is -0.131. The van der Waals surface area contributed by atoms with Crippen LogP contribution in [-0.2, 0) is 4.79 Å². The summed E-state index contributed by atoms with van der Waals surface area (Å²) in [6.07, 6.45) is 5.85. The van der Waals surface area contributed by atoms with Crippen molar-refractivity contribution in [3.63, 3.8) is 0 Å². The molecule has 0 aromatic heterocycles. The van der Waals surface area contributed by atoms with E-state index in [1.165, 1.54) is 4.90 Å². The van der Waals surface area contributed by atoms with Crippen LogP contribution in [0.1, 0.15) is 38.5 Å². The zero-order chi connectivity index (χ0) is 12.5. The van der Waals surface area contributed by atoms with Crippen molar-refractivity contribution in [2.24, 2.45) is 0 Å². The van der Waals surface area contributed by atoms with Crippen molar-refractivity contribution < 1.29 is 9.59 Å². The van der Waals surface area contributed by atoms with Gasteiger partial charge in [-0.1, -0.05) is 48.2 Å². The van der Waals surface area contributed by atoms with Gasteiger partial charge in [0.15, 0.2) is 0 Å². The zero-order valence-electron chi connectivity index (χ0n) is 9.80. The Labute approximate surface area is 110 Å². The highest BCUT2D eigenvalue weighted by molar-refractivity contribution is 9.11. The number of halogens is 1. The van der Waals surface area contributed by atoms with E-state index in [-0.39, 0.29) is 18.5 Å². The number of hydrogen-bond donors (Lipinski definition) is 1. The van der Waals surface area contributed by atoms with Crippen LogP contribution in [0, 0.1) is 0 Å². The first kappa shape index (κ1) is 12.6. The van der Waals surface area contributed by atoms with Gasteiger partial charge in [-0.25, -0.2) is 4.79 Å². The summed E-state index contributed by atoms with van der Waals surface area (Å²) in [5, 5.41) is 2.89. The van der Waals surface area contributed by atoms with E-state index in [2.05, 4.69) is 27.8 Å². The van der Waals surface area contributed by atoms with Crippen LogP contribution in [0.4, 0.5) is 4.79 Å². The van der Waals surface area contributed by atoms with E-state index < -0.39 is 5.54 Å². The van der Waals surface area contributed by atoms with Crippen molar-refractivity contribution >= 4 is 27.9 Å². The molecule has 0 aromatic carbocycles. The summed E-state index contributed by atoms with van der Waals surface area (Å²) in [5.41, 5.74) is -0.629. The Morgan fingerprint density at radius 1 is 1.29 bits per heavy atom. The van der Waals surface area contributed by atoms with Crippen LogP contribution >= 0.6 is 15.9 Å². The number of rotatable bonds is 2. The van der Waals surface area contributed by atoms with Crippen molar-refractivity contribution in [2.45, 2.75) is 44.1 Å². The van der Waals surface area contributed by atoms with Gasteiger partial charge < -0.3 is 5.32 Å². The molecule has 1 heterocycles. The summed E-state index contributed by atoms with van der Waals surface area (Å²) in [5.74, 6) is -0.0787. The molecule has 5 heteroatoms. The van der Waals surface area contributed by atoms with Gasteiger partial charge in [0, 0.05) is 4.48 Å². The highest BCUT2D eigenvalue weighted by atomic mass is 79.9. The fourth-order valence-corrected chi connectivity index (χ4v) is 2.91. The highest BCUT2D eigenvalue weighted by Gasteiger charge is 2.50. The van der Waals surface area contributed by atoms with Gasteiger partial charge in [-0.3, -0.25) is 9.69 Å². The molecular weight excluding hydrogens is 284 g/mol. The maximum absolute atomic E-state index is 12.4. The van der Waals surface area contributed by atoms with E-state index in [4.69, 9.17) is 0 Å². The van der Waals surface area contributed by atoms with Crippen molar-refractivity contribution in [3.8, 4) is 0 Å². The second-order valence-corrected chi connectivity index (χ2v) is 5.96. The van der Waals surface area contributed by atoms with Gasteiger partial charge in [-0.15, -0.1) is 0 Å². The number of nitrogens with zero attached hydrogens (tertiary/aromatic N) is 1. The zero-order valence-corrected chi connectivity index (χ0v) is 11.4. The Hall–Kier alpha value is -0.840. The van der Waals surface area contributed by atoms with Crippen molar-refractivity contribution in [1.29, 1.82) is 0 Å². The van der Waals surface area contributed by atoms with Crippen molar-refractivity contribution in [1.82, 2.24) is 10.2 Å². The topological polar surface area (TPSA) is 49.4 Å². The van der Waals surface area contributed by atoms with Gasteiger partial charge in [0.1, 0.15) is 5.54 Å². The van der Waals surface area contributed by atoms with E-state index in [1.807, 2.05) is 0 Å². The lowest BCUT2D eigenvalue weighted by Crippen LogP contribution is -2.46. The number of imide groups is 1. The molecule has 4 nitrogen and oxygen atoms in total. The number of amides is 3. The molecule has 1 saturated carbocycles. The van der Waals surface area contributed by atoms with Crippen LogP contribution in [0.15, 0.2) is 11.1 Å². The summed E-state index contributed by atoms with van der Waals surface area (Å²) in [6, 6.07) is -0.280. The fraction of sp³-hybridized carbons (Fsp3) is 0.667. The Morgan fingerprint density at radius 3 is 2.41 bits per heavy atom. The molecule has 94 valence electrons. The summed E-state index contributed by atoms with van der Waals surface area (Å²) in [4.78, 5) is 25.5. The number of carbonyl (C=O) groups is 2. The predicted molar refractivity (Wildman–Crippen MR) is 68.7 cm³/mol. The molecule has 1 aliphatic carbocycles. The van der Waals surface area contributed by atoms with Gasteiger partial charge >= 0.3 is 6.03 Å². The Morgan fingerprint density at radius 2 is 1.88 bits per heavy atom. The molecule has 0 radical (unpaired) electrons. The molecule has 0 atom stereocenters. The molecule has 1 aliphatic heterocycles. The molecule has 2 rings (SSSR count). The van der Waals surface area contributed by atoms with Crippen molar-refractivity contribution in [2.75, 3.05) is 6.54 Å². The average molecular weight is 301 g/mol. The van der Waals surface area contributed by atoms with Crippen LogP contribution in [0.25, 0.3) is 0 Å². The van der Waals surface area contributed by atoms with Crippen LogP contribution in [0.5, 0.6) is 0 Å². The Balaban J connectivity index is 2.18. The lowest BCUT2D eigenvalue weighted by atomic mass is 9.90. The van der Waals surface area contributed by atoms with E-state index in [1.54, 1.807) is 0 Å². The normalized spacial score (nSPS) is 23.7. The third-order valence-electron chi connectivity index (χ3n) is 3.53.